The van der Waals surface area contributed by atoms with Crippen LogP contribution < -0.4 is 0 Å². The molecule has 0 atom stereocenters. The minimum absolute atomic E-state index is 0.229. The fourth-order valence-electron chi connectivity index (χ4n) is 1.06. The maximum absolute atomic E-state index is 10.6. The van der Waals surface area contributed by atoms with Crippen molar-refractivity contribution in [1.82, 2.24) is 0 Å². The maximum Gasteiger partial charge on any atom is 0.129 e. The van der Waals surface area contributed by atoms with E-state index >= 15 is 0 Å². The van der Waals surface area contributed by atoms with E-state index in [1.807, 2.05) is 0 Å². The lowest BCUT2D eigenvalue weighted by Gasteiger charge is -2.06. The summed E-state index contributed by atoms with van der Waals surface area (Å²) in [4.78, 5) is 10.6. The Morgan fingerprint density at radius 3 is 2.20 bits per heavy atom. The van der Waals surface area contributed by atoms with E-state index in [9.17, 15) is 4.79 Å². The first-order valence-electron chi connectivity index (χ1n) is 5.78. The zero-order valence-electron chi connectivity index (χ0n) is 10.3. The van der Waals surface area contributed by atoms with Gasteiger partial charge in [0.1, 0.15) is 5.78 Å². The number of hydrogen-bond donors (Lipinski definition) is 0. The molecule has 0 bridgehead atoms. The van der Waals surface area contributed by atoms with Crippen LogP contribution in [0.3, 0.4) is 0 Å². The standard InChI is InChI=1S/C12H24O3/c1-11(2)6-8-15-10-9-14-7-4-5-12(3)13/h11H,4-10H2,1-3H3. The van der Waals surface area contributed by atoms with Crippen molar-refractivity contribution in [3.8, 4) is 0 Å². The van der Waals surface area contributed by atoms with Gasteiger partial charge in [0.15, 0.2) is 0 Å². The van der Waals surface area contributed by atoms with E-state index in [0.29, 0.717) is 32.2 Å². The molecule has 0 aliphatic rings. The van der Waals surface area contributed by atoms with Gasteiger partial charge in [0.25, 0.3) is 0 Å². The van der Waals surface area contributed by atoms with Gasteiger partial charge in [-0.05, 0) is 25.7 Å². The molecule has 0 radical (unpaired) electrons. The van der Waals surface area contributed by atoms with E-state index in [4.69, 9.17) is 9.47 Å². The molecule has 0 unspecified atom stereocenters. The van der Waals surface area contributed by atoms with Crippen molar-refractivity contribution in [2.75, 3.05) is 26.4 Å². The van der Waals surface area contributed by atoms with Gasteiger partial charge < -0.3 is 14.3 Å². The molecule has 0 heterocycles. The summed E-state index contributed by atoms with van der Waals surface area (Å²) in [6.07, 6.45) is 2.54. The molecule has 0 aromatic carbocycles. The van der Waals surface area contributed by atoms with Gasteiger partial charge in [-0.2, -0.15) is 0 Å². The Labute approximate surface area is 93.1 Å². The number of ketones is 1. The third-order valence-electron chi connectivity index (χ3n) is 2.03. The lowest BCUT2D eigenvalue weighted by atomic mass is 10.1. The minimum atomic E-state index is 0.229. The topological polar surface area (TPSA) is 35.5 Å². The average molecular weight is 216 g/mol. The highest BCUT2D eigenvalue weighted by molar-refractivity contribution is 5.75. The van der Waals surface area contributed by atoms with Gasteiger partial charge in [-0.25, -0.2) is 0 Å². The number of rotatable bonds is 10. The van der Waals surface area contributed by atoms with Crippen molar-refractivity contribution in [2.45, 2.75) is 40.0 Å². The fraction of sp³-hybridized carbons (Fsp3) is 0.917. The van der Waals surface area contributed by atoms with Crippen LogP contribution in [0.5, 0.6) is 0 Å². The molecule has 0 saturated heterocycles. The molecule has 0 aliphatic carbocycles. The van der Waals surface area contributed by atoms with E-state index in [-0.39, 0.29) is 5.78 Å². The summed E-state index contributed by atoms with van der Waals surface area (Å²) >= 11 is 0. The number of carbonyl (C=O) groups excluding carboxylic acids is 1. The molecule has 0 fully saturated rings. The first-order chi connectivity index (χ1) is 7.13. The second kappa shape index (κ2) is 10.1. The SMILES string of the molecule is CC(=O)CCCOCCOCCC(C)C. The molecule has 15 heavy (non-hydrogen) atoms. The molecule has 0 rings (SSSR count). The van der Waals surface area contributed by atoms with Crippen LogP contribution in [0.2, 0.25) is 0 Å². The van der Waals surface area contributed by atoms with E-state index in [1.165, 1.54) is 0 Å². The van der Waals surface area contributed by atoms with Crippen molar-refractivity contribution < 1.29 is 14.3 Å². The van der Waals surface area contributed by atoms with E-state index in [1.54, 1.807) is 6.92 Å². The first kappa shape index (κ1) is 14.6. The summed E-state index contributed by atoms with van der Waals surface area (Å²) in [6, 6.07) is 0. The zero-order valence-corrected chi connectivity index (χ0v) is 10.3. The van der Waals surface area contributed by atoms with Crippen LogP contribution in [0.15, 0.2) is 0 Å². The van der Waals surface area contributed by atoms with Crippen molar-refractivity contribution in [2.24, 2.45) is 5.92 Å². The molecule has 3 nitrogen and oxygen atoms in total. The smallest absolute Gasteiger partial charge is 0.129 e. The van der Waals surface area contributed by atoms with Crippen molar-refractivity contribution in [1.29, 1.82) is 0 Å². The van der Waals surface area contributed by atoms with Crippen LogP contribution in [0.4, 0.5) is 0 Å². The summed E-state index contributed by atoms with van der Waals surface area (Å²) in [5.74, 6) is 0.924. The van der Waals surface area contributed by atoms with Crippen molar-refractivity contribution >= 4 is 5.78 Å². The molecule has 0 N–H and O–H groups in total. The third kappa shape index (κ3) is 13.6. The monoisotopic (exact) mass is 216 g/mol. The van der Waals surface area contributed by atoms with E-state index in [0.717, 1.165) is 19.4 Å². The van der Waals surface area contributed by atoms with Crippen LogP contribution in [-0.4, -0.2) is 32.2 Å². The van der Waals surface area contributed by atoms with Crippen LogP contribution in [0.25, 0.3) is 0 Å². The van der Waals surface area contributed by atoms with Gasteiger partial charge in [0.05, 0.1) is 13.2 Å². The molecule has 0 saturated carbocycles. The Morgan fingerprint density at radius 1 is 1.07 bits per heavy atom. The fourth-order valence-corrected chi connectivity index (χ4v) is 1.06. The van der Waals surface area contributed by atoms with Crippen LogP contribution in [0.1, 0.15) is 40.0 Å². The highest BCUT2D eigenvalue weighted by Crippen LogP contribution is 1.98. The number of carbonyl (C=O) groups is 1. The molecule has 3 heteroatoms. The third-order valence-corrected chi connectivity index (χ3v) is 2.03. The van der Waals surface area contributed by atoms with Gasteiger partial charge in [-0.15, -0.1) is 0 Å². The molecule has 0 amide bonds. The largest absolute Gasteiger partial charge is 0.379 e. The highest BCUT2D eigenvalue weighted by atomic mass is 16.5. The zero-order chi connectivity index (χ0) is 11.5. The molecular formula is C12H24O3. The first-order valence-corrected chi connectivity index (χ1v) is 5.78. The Kier molecular flexibility index (Phi) is 9.84. The molecule has 90 valence electrons. The van der Waals surface area contributed by atoms with E-state index in [2.05, 4.69) is 13.8 Å². The van der Waals surface area contributed by atoms with Gasteiger partial charge in [-0.3, -0.25) is 0 Å². The molecule has 0 spiro atoms. The van der Waals surface area contributed by atoms with Gasteiger partial charge >= 0.3 is 0 Å². The second-order valence-corrected chi connectivity index (χ2v) is 4.21. The Balaban J connectivity index is 2.96. The molecule has 0 aromatic rings. The second-order valence-electron chi connectivity index (χ2n) is 4.21. The summed E-state index contributed by atoms with van der Waals surface area (Å²) in [6.45, 7) is 8.74. The van der Waals surface area contributed by atoms with Gasteiger partial charge in [0, 0.05) is 19.6 Å². The number of ether oxygens (including phenoxy) is 2. The van der Waals surface area contributed by atoms with Gasteiger partial charge in [0.2, 0.25) is 0 Å². The normalized spacial score (nSPS) is 10.9. The van der Waals surface area contributed by atoms with Crippen LogP contribution in [-0.2, 0) is 14.3 Å². The quantitative estimate of drug-likeness (QED) is 0.526. The Bertz CT molecular complexity index is 155. The molecule has 0 aromatic heterocycles. The molecular weight excluding hydrogens is 192 g/mol. The van der Waals surface area contributed by atoms with Crippen molar-refractivity contribution in [3.05, 3.63) is 0 Å². The number of hydrogen-bond acceptors (Lipinski definition) is 3. The summed E-state index contributed by atoms with van der Waals surface area (Å²) in [7, 11) is 0. The maximum atomic E-state index is 10.6. The van der Waals surface area contributed by atoms with Crippen LogP contribution >= 0.6 is 0 Å². The Hall–Kier alpha value is -0.410. The lowest BCUT2D eigenvalue weighted by molar-refractivity contribution is -0.117. The summed E-state index contributed by atoms with van der Waals surface area (Å²) in [5.41, 5.74) is 0. The number of Topliss-reactive ketones (excluding diaryl/α,β-unsaturated/α-hetero) is 1. The minimum Gasteiger partial charge on any atom is -0.379 e. The highest BCUT2D eigenvalue weighted by Gasteiger charge is 1.95. The molecule has 0 aliphatic heterocycles. The Morgan fingerprint density at radius 2 is 1.67 bits per heavy atom. The van der Waals surface area contributed by atoms with Crippen LogP contribution in [0, 0.1) is 5.92 Å². The summed E-state index contributed by atoms with van der Waals surface area (Å²) in [5, 5.41) is 0. The lowest BCUT2D eigenvalue weighted by Crippen LogP contribution is -2.07. The van der Waals surface area contributed by atoms with Gasteiger partial charge in [-0.1, -0.05) is 13.8 Å². The predicted molar refractivity (Wildman–Crippen MR) is 61.0 cm³/mol. The average Bonchev–Trinajstić information content (AvgIpc) is 2.14. The summed E-state index contributed by atoms with van der Waals surface area (Å²) < 4.78 is 10.7. The van der Waals surface area contributed by atoms with Crippen molar-refractivity contribution in [3.63, 3.8) is 0 Å². The van der Waals surface area contributed by atoms with E-state index < -0.39 is 0 Å². The predicted octanol–water partition coefficient (Wildman–Crippen LogP) is 2.43.